The summed E-state index contributed by atoms with van der Waals surface area (Å²) >= 11 is 0. The molecule has 1 aromatic heterocycles. The maximum atomic E-state index is 14.4. The Balaban J connectivity index is 1.34. The molecule has 16 heteroatoms. The number of sulfonamides is 1. The van der Waals surface area contributed by atoms with Gasteiger partial charge in [0.25, 0.3) is 5.91 Å². The maximum absolute atomic E-state index is 14.4. The van der Waals surface area contributed by atoms with Crippen molar-refractivity contribution in [2.75, 3.05) is 13.7 Å². The van der Waals surface area contributed by atoms with Crippen LogP contribution in [0.5, 0.6) is 11.6 Å². The summed E-state index contributed by atoms with van der Waals surface area (Å²) in [5.74, 6) is -3.19. The molecule has 270 valence electrons. The van der Waals surface area contributed by atoms with Crippen molar-refractivity contribution >= 4 is 44.6 Å². The molecule has 2 saturated carbocycles. The van der Waals surface area contributed by atoms with E-state index in [2.05, 4.69) is 20.3 Å². The largest absolute Gasteiger partial charge is 0.494 e. The first-order valence-electron chi connectivity index (χ1n) is 16.9. The number of allylic oxidation sites excluding steroid dienone is 1. The van der Waals surface area contributed by atoms with E-state index >= 15 is 0 Å². The summed E-state index contributed by atoms with van der Waals surface area (Å²) in [6.07, 6.45) is 5.79. The molecule has 0 bridgehead atoms. The molecule has 2 aromatic rings. The number of nitrogens with zero attached hydrogens (tertiary/aromatic N) is 2. The smallest absolute Gasteiger partial charge is 0.405 e. The minimum atomic E-state index is -3.93. The highest BCUT2D eigenvalue weighted by atomic mass is 32.2. The van der Waals surface area contributed by atoms with Crippen LogP contribution in [0, 0.1) is 23.6 Å². The van der Waals surface area contributed by atoms with Gasteiger partial charge in [-0.3, -0.25) is 19.1 Å². The zero-order chi connectivity index (χ0) is 36.0. The number of carbonyl (C=O) groups is 4. The number of nitrogens with one attached hydrogen (secondary N) is 3. The Labute approximate surface area is 289 Å². The van der Waals surface area contributed by atoms with Gasteiger partial charge in [-0.15, -0.1) is 0 Å². The summed E-state index contributed by atoms with van der Waals surface area (Å²) in [5, 5.41) is 15.0. The number of hydrogen-bond acceptors (Lipinski definition) is 9. The van der Waals surface area contributed by atoms with Crippen LogP contribution in [0.25, 0.3) is 10.8 Å². The van der Waals surface area contributed by atoms with Crippen molar-refractivity contribution in [3.63, 3.8) is 0 Å². The highest BCUT2D eigenvalue weighted by molar-refractivity contribution is 7.91. The van der Waals surface area contributed by atoms with Crippen LogP contribution in [-0.2, 0) is 24.4 Å². The number of fused-ring (bicyclic) bond motifs is 3. The van der Waals surface area contributed by atoms with Crippen molar-refractivity contribution in [1.29, 1.82) is 0 Å². The van der Waals surface area contributed by atoms with E-state index in [9.17, 15) is 37.1 Å². The van der Waals surface area contributed by atoms with E-state index in [4.69, 9.17) is 9.47 Å². The molecule has 50 heavy (non-hydrogen) atoms. The Morgan fingerprint density at radius 3 is 2.58 bits per heavy atom. The summed E-state index contributed by atoms with van der Waals surface area (Å²) in [5.41, 5.74) is -1.57. The summed E-state index contributed by atoms with van der Waals surface area (Å²) < 4.78 is 53.7. The second-order valence-electron chi connectivity index (χ2n) is 13.9. The van der Waals surface area contributed by atoms with Crippen molar-refractivity contribution in [2.45, 2.75) is 87.8 Å². The number of hydrogen-bond donors (Lipinski definition) is 4. The summed E-state index contributed by atoms with van der Waals surface area (Å²) in [6.45, 7) is 3.61. The number of ether oxygens (including phenoxy) is 2. The summed E-state index contributed by atoms with van der Waals surface area (Å²) in [6, 6.07) is 1.61. The van der Waals surface area contributed by atoms with Gasteiger partial charge in [0.15, 0.2) is 0 Å². The van der Waals surface area contributed by atoms with E-state index < -0.39 is 80.5 Å². The Morgan fingerprint density at radius 2 is 1.88 bits per heavy atom. The standard InChI is InChI=1S/C34H42FN5O9S/c1-18-5-4-6-19(2)28(37-33(44)45)31(42)40-17-22(49-30-25-13-21(35)9-12-24(25)27(48-3)16-36-30)14-26(40)29(41)38-34(15-20(34)8-7-18)32(43)39-50(46,47)23-10-11-23/h7-9,12-13,16,18-20,22-23,26,28,37H,4-6,10-11,14-15,17H2,1-3H3,(H,38,41)(H,39,43)(H,44,45)/t18-,19-,20-,22-,26+,28+,34-/m1/s1. The molecule has 4 amide bonds. The van der Waals surface area contributed by atoms with E-state index in [0.29, 0.717) is 42.2 Å². The molecular weight excluding hydrogens is 673 g/mol. The Morgan fingerprint density at radius 1 is 1.12 bits per heavy atom. The van der Waals surface area contributed by atoms with Gasteiger partial charge in [-0.2, -0.15) is 0 Å². The predicted molar refractivity (Wildman–Crippen MR) is 178 cm³/mol. The fraction of sp³-hybridized carbons (Fsp3) is 0.559. The number of carboxylic acid groups (broad SMARTS) is 1. The van der Waals surface area contributed by atoms with Crippen LogP contribution in [0.2, 0.25) is 0 Å². The van der Waals surface area contributed by atoms with Crippen LogP contribution in [0.4, 0.5) is 9.18 Å². The molecule has 0 unspecified atom stereocenters. The van der Waals surface area contributed by atoms with Crippen LogP contribution in [0.1, 0.15) is 58.8 Å². The molecule has 0 spiro atoms. The van der Waals surface area contributed by atoms with Gasteiger partial charge in [0.2, 0.25) is 27.7 Å². The SMILES string of the molecule is COc1cnc(O[C@@H]2C[C@H]3C(=O)N[C@]4(C(=O)NS(=O)(=O)C5CC5)C[C@H]4C=C[C@H](C)CCC[C@@H](C)[C@H](NC(=O)O)C(=O)N3C2)c2cc(F)ccc12. The number of rotatable bonds is 7. The number of carbonyl (C=O) groups excluding carboxylic acids is 3. The van der Waals surface area contributed by atoms with Gasteiger partial charge in [0.1, 0.15) is 35.3 Å². The molecule has 3 heterocycles. The van der Waals surface area contributed by atoms with Crippen molar-refractivity contribution in [1.82, 2.24) is 25.2 Å². The average Bonchev–Trinajstić information content (AvgIpc) is 3.99. The van der Waals surface area contributed by atoms with Gasteiger partial charge in [-0.1, -0.05) is 32.4 Å². The van der Waals surface area contributed by atoms with Crippen LogP contribution in [0.3, 0.4) is 0 Å². The maximum Gasteiger partial charge on any atom is 0.405 e. The third-order valence-electron chi connectivity index (χ3n) is 10.2. The van der Waals surface area contributed by atoms with E-state index in [1.54, 1.807) is 6.92 Å². The molecule has 2 aliphatic heterocycles. The minimum Gasteiger partial charge on any atom is -0.494 e. The van der Waals surface area contributed by atoms with Crippen LogP contribution >= 0.6 is 0 Å². The second-order valence-corrected chi connectivity index (χ2v) is 15.9. The fourth-order valence-electron chi connectivity index (χ4n) is 7.03. The number of halogens is 1. The highest BCUT2D eigenvalue weighted by Gasteiger charge is 2.62. The van der Waals surface area contributed by atoms with Gasteiger partial charge in [0, 0.05) is 17.7 Å². The van der Waals surface area contributed by atoms with E-state index in [0.717, 1.165) is 6.42 Å². The first kappa shape index (κ1) is 35.4. The number of pyridine rings is 1. The van der Waals surface area contributed by atoms with E-state index in [-0.39, 0.29) is 31.2 Å². The lowest BCUT2D eigenvalue weighted by atomic mass is 9.92. The fourth-order valence-corrected chi connectivity index (χ4v) is 8.39. The monoisotopic (exact) mass is 715 g/mol. The molecule has 14 nitrogen and oxygen atoms in total. The van der Waals surface area contributed by atoms with Gasteiger partial charge in [-0.05, 0) is 62.1 Å². The molecule has 0 radical (unpaired) electrons. The lowest BCUT2D eigenvalue weighted by molar-refractivity contribution is -0.142. The Hall–Kier alpha value is -4.47. The first-order chi connectivity index (χ1) is 23.7. The topological polar surface area (TPSA) is 193 Å². The lowest BCUT2D eigenvalue weighted by Crippen LogP contribution is -2.59. The van der Waals surface area contributed by atoms with Gasteiger partial charge >= 0.3 is 6.09 Å². The molecule has 1 aromatic carbocycles. The molecular formula is C34H42FN5O9S. The number of aromatic nitrogens is 1. The zero-order valence-corrected chi connectivity index (χ0v) is 28.9. The van der Waals surface area contributed by atoms with Crippen molar-refractivity contribution < 1.29 is 46.6 Å². The van der Waals surface area contributed by atoms with Gasteiger partial charge in [0.05, 0.1) is 30.5 Å². The van der Waals surface area contributed by atoms with Crippen LogP contribution in [-0.4, -0.2) is 89.9 Å². The molecule has 3 fully saturated rings. The van der Waals surface area contributed by atoms with Gasteiger partial charge < -0.3 is 30.1 Å². The van der Waals surface area contributed by atoms with E-state index in [1.807, 2.05) is 19.1 Å². The number of benzene rings is 1. The summed E-state index contributed by atoms with van der Waals surface area (Å²) in [7, 11) is -2.48. The number of amides is 4. The molecule has 6 rings (SSSR count). The van der Waals surface area contributed by atoms with Crippen molar-refractivity contribution in [2.24, 2.45) is 17.8 Å². The van der Waals surface area contributed by atoms with E-state index in [1.165, 1.54) is 36.4 Å². The molecule has 7 atom stereocenters. The molecule has 4 aliphatic rings. The molecule has 4 N–H and O–H groups in total. The molecule has 2 aliphatic carbocycles. The zero-order valence-electron chi connectivity index (χ0n) is 28.1. The molecule has 1 saturated heterocycles. The first-order valence-corrected chi connectivity index (χ1v) is 18.4. The number of methoxy groups -OCH3 is 1. The predicted octanol–water partition coefficient (Wildman–Crippen LogP) is 2.86. The third-order valence-corrected chi connectivity index (χ3v) is 12.0. The Kier molecular flexibility index (Phi) is 9.68. The van der Waals surface area contributed by atoms with Gasteiger partial charge in [-0.25, -0.2) is 22.6 Å². The Bertz CT molecular complexity index is 1840. The second kappa shape index (κ2) is 13.7. The van der Waals surface area contributed by atoms with Crippen LogP contribution < -0.4 is 24.8 Å². The van der Waals surface area contributed by atoms with Crippen molar-refractivity contribution in [3.8, 4) is 11.6 Å². The third kappa shape index (κ3) is 7.21. The van der Waals surface area contributed by atoms with Crippen molar-refractivity contribution in [3.05, 3.63) is 42.4 Å². The normalized spacial score (nSPS) is 30.3. The average molecular weight is 716 g/mol. The minimum absolute atomic E-state index is 0.0390. The summed E-state index contributed by atoms with van der Waals surface area (Å²) in [4.78, 5) is 59.6. The quantitative estimate of drug-likeness (QED) is 0.310. The van der Waals surface area contributed by atoms with Crippen LogP contribution in [0.15, 0.2) is 36.5 Å². The lowest BCUT2D eigenvalue weighted by Gasteiger charge is -2.31. The highest BCUT2D eigenvalue weighted by Crippen LogP contribution is 2.46.